The minimum absolute atomic E-state index is 0.00300. The molecule has 1 saturated carbocycles. The van der Waals surface area contributed by atoms with E-state index >= 15 is 0 Å². The molecular weight excluding hydrogens is 192 g/mol. The summed E-state index contributed by atoms with van der Waals surface area (Å²) in [5.41, 5.74) is 7.34. The Kier molecular flexibility index (Phi) is 2.40. The highest BCUT2D eigenvalue weighted by molar-refractivity contribution is 7.12. The number of nitrogens with two attached hydrogens (primary N) is 1. The second kappa shape index (κ2) is 3.31. The van der Waals surface area contributed by atoms with E-state index in [0.717, 1.165) is 25.0 Å². The zero-order valence-corrected chi connectivity index (χ0v) is 9.95. The third kappa shape index (κ3) is 1.84. The number of aromatic nitrogens is 1. The quantitative estimate of drug-likeness (QED) is 0.833. The van der Waals surface area contributed by atoms with Gasteiger partial charge in [0, 0.05) is 11.3 Å². The summed E-state index contributed by atoms with van der Waals surface area (Å²) in [6.07, 6.45) is 3.36. The maximum Gasteiger partial charge on any atom is 0.0934 e. The van der Waals surface area contributed by atoms with Crippen LogP contribution in [0.25, 0.3) is 0 Å². The van der Waals surface area contributed by atoms with Gasteiger partial charge in [-0.15, -0.1) is 11.3 Å². The van der Waals surface area contributed by atoms with Crippen LogP contribution in [-0.2, 0) is 12.0 Å². The fraction of sp³-hybridized carbons (Fsp3) is 0.727. The fourth-order valence-corrected chi connectivity index (χ4v) is 3.15. The smallest absolute Gasteiger partial charge is 0.0934 e. The number of thiazole rings is 1. The van der Waals surface area contributed by atoms with Crippen molar-refractivity contribution in [2.45, 2.75) is 45.6 Å². The molecule has 3 heteroatoms. The first-order valence-corrected chi connectivity index (χ1v) is 6.08. The van der Waals surface area contributed by atoms with Crippen molar-refractivity contribution >= 4 is 11.3 Å². The van der Waals surface area contributed by atoms with Gasteiger partial charge in [0.1, 0.15) is 0 Å². The summed E-state index contributed by atoms with van der Waals surface area (Å²) in [5, 5.41) is 1.25. The first-order valence-electron chi connectivity index (χ1n) is 5.27. The molecule has 1 heterocycles. The van der Waals surface area contributed by atoms with Crippen LogP contribution in [-0.4, -0.2) is 4.98 Å². The van der Waals surface area contributed by atoms with Crippen molar-refractivity contribution in [3.63, 3.8) is 0 Å². The van der Waals surface area contributed by atoms with Crippen LogP contribution in [0.4, 0.5) is 0 Å². The Hall–Kier alpha value is -0.410. The number of hydrogen-bond donors (Lipinski definition) is 1. The molecule has 1 fully saturated rings. The first-order chi connectivity index (χ1) is 6.51. The summed E-state index contributed by atoms with van der Waals surface area (Å²) in [4.78, 5) is 5.92. The summed E-state index contributed by atoms with van der Waals surface area (Å²) in [6.45, 7) is 6.54. The van der Waals surface area contributed by atoms with Crippen molar-refractivity contribution in [2.24, 2.45) is 11.7 Å². The van der Waals surface area contributed by atoms with E-state index in [-0.39, 0.29) is 5.54 Å². The van der Waals surface area contributed by atoms with Crippen molar-refractivity contribution < 1.29 is 0 Å². The van der Waals surface area contributed by atoms with E-state index in [9.17, 15) is 0 Å². The van der Waals surface area contributed by atoms with Gasteiger partial charge in [0.15, 0.2) is 0 Å². The van der Waals surface area contributed by atoms with Crippen LogP contribution in [0.5, 0.6) is 0 Å². The molecule has 0 atom stereocenters. The van der Waals surface area contributed by atoms with Gasteiger partial charge in [0.2, 0.25) is 0 Å². The molecule has 1 aliphatic rings. The Morgan fingerprint density at radius 2 is 2.14 bits per heavy atom. The van der Waals surface area contributed by atoms with Crippen molar-refractivity contribution in [1.29, 1.82) is 0 Å². The Morgan fingerprint density at radius 3 is 2.64 bits per heavy atom. The lowest BCUT2D eigenvalue weighted by Crippen LogP contribution is -2.18. The number of rotatable bonds is 3. The molecule has 0 amide bonds. The average molecular weight is 210 g/mol. The standard InChI is InChI=1S/C11H18N2S/c1-7(2)6-9-13-8(3)10(14-9)11(12)4-5-11/h7H,4-6,12H2,1-3H3. The zero-order valence-electron chi connectivity index (χ0n) is 9.13. The third-order valence-corrected chi connectivity index (χ3v) is 4.06. The minimum Gasteiger partial charge on any atom is -0.321 e. The first kappa shape index (κ1) is 10.1. The Bertz CT molecular complexity index is 337. The highest BCUT2D eigenvalue weighted by atomic mass is 32.1. The van der Waals surface area contributed by atoms with Crippen LogP contribution in [0.3, 0.4) is 0 Å². The molecule has 0 aromatic carbocycles. The number of aryl methyl sites for hydroxylation is 1. The molecule has 1 aliphatic carbocycles. The highest BCUT2D eigenvalue weighted by Gasteiger charge is 2.43. The molecule has 0 bridgehead atoms. The molecule has 0 saturated heterocycles. The Balaban J connectivity index is 2.21. The molecule has 1 aromatic heterocycles. The van der Waals surface area contributed by atoms with E-state index in [1.54, 1.807) is 0 Å². The van der Waals surface area contributed by atoms with Gasteiger partial charge >= 0.3 is 0 Å². The van der Waals surface area contributed by atoms with Crippen LogP contribution in [0.2, 0.25) is 0 Å². The largest absolute Gasteiger partial charge is 0.321 e. The Morgan fingerprint density at radius 1 is 1.50 bits per heavy atom. The Labute approximate surface area is 89.5 Å². The van der Waals surface area contributed by atoms with Crippen LogP contribution >= 0.6 is 11.3 Å². The van der Waals surface area contributed by atoms with Crippen molar-refractivity contribution in [3.05, 3.63) is 15.6 Å². The van der Waals surface area contributed by atoms with Crippen LogP contribution in [0.1, 0.15) is 42.3 Å². The topological polar surface area (TPSA) is 38.9 Å². The van der Waals surface area contributed by atoms with Crippen LogP contribution in [0.15, 0.2) is 0 Å². The highest BCUT2D eigenvalue weighted by Crippen LogP contribution is 2.46. The van der Waals surface area contributed by atoms with E-state index < -0.39 is 0 Å². The van der Waals surface area contributed by atoms with Gasteiger partial charge in [-0.05, 0) is 25.7 Å². The summed E-state index contributed by atoms with van der Waals surface area (Å²) in [5.74, 6) is 0.682. The van der Waals surface area contributed by atoms with Crippen molar-refractivity contribution in [1.82, 2.24) is 4.98 Å². The third-order valence-electron chi connectivity index (χ3n) is 2.66. The van der Waals surface area contributed by atoms with Gasteiger partial charge in [0.05, 0.1) is 16.2 Å². The lowest BCUT2D eigenvalue weighted by atomic mass is 10.1. The summed E-state index contributed by atoms with van der Waals surface area (Å²) in [6, 6.07) is 0. The number of hydrogen-bond acceptors (Lipinski definition) is 3. The van der Waals surface area contributed by atoms with E-state index in [4.69, 9.17) is 5.73 Å². The molecule has 14 heavy (non-hydrogen) atoms. The maximum absolute atomic E-state index is 6.18. The molecule has 0 spiro atoms. The second-order valence-corrected chi connectivity index (χ2v) is 5.86. The minimum atomic E-state index is -0.00300. The van der Waals surface area contributed by atoms with Gasteiger partial charge in [-0.2, -0.15) is 0 Å². The molecule has 1 aromatic rings. The molecule has 0 radical (unpaired) electrons. The van der Waals surface area contributed by atoms with Crippen LogP contribution < -0.4 is 5.73 Å². The molecular formula is C11H18N2S. The maximum atomic E-state index is 6.18. The van der Waals surface area contributed by atoms with Gasteiger partial charge in [-0.3, -0.25) is 0 Å². The van der Waals surface area contributed by atoms with Crippen LogP contribution in [0, 0.1) is 12.8 Å². The van der Waals surface area contributed by atoms with E-state index in [0.29, 0.717) is 5.92 Å². The van der Waals surface area contributed by atoms with E-state index in [1.807, 2.05) is 11.3 Å². The van der Waals surface area contributed by atoms with Gasteiger partial charge in [-0.25, -0.2) is 4.98 Å². The second-order valence-electron chi connectivity index (χ2n) is 4.78. The molecule has 0 aliphatic heterocycles. The fourth-order valence-electron chi connectivity index (χ4n) is 1.71. The number of nitrogens with zero attached hydrogens (tertiary/aromatic N) is 1. The molecule has 2 N–H and O–H groups in total. The van der Waals surface area contributed by atoms with Gasteiger partial charge in [-0.1, -0.05) is 13.8 Å². The van der Waals surface area contributed by atoms with Crippen molar-refractivity contribution in [3.8, 4) is 0 Å². The monoisotopic (exact) mass is 210 g/mol. The lowest BCUT2D eigenvalue weighted by Gasteiger charge is -2.04. The molecule has 2 nitrogen and oxygen atoms in total. The van der Waals surface area contributed by atoms with Gasteiger partial charge in [0.25, 0.3) is 0 Å². The summed E-state index contributed by atoms with van der Waals surface area (Å²) >= 11 is 1.82. The SMILES string of the molecule is Cc1nc(CC(C)C)sc1C1(N)CC1. The normalized spacial score (nSPS) is 18.9. The lowest BCUT2D eigenvalue weighted by molar-refractivity contribution is 0.643. The van der Waals surface area contributed by atoms with Crippen molar-refractivity contribution in [2.75, 3.05) is 0 Å². The predicted molar refractivity (Wildman–Crippen MR) is 60.5 cm³/mol. The molecule has 78 valence electrons. The predicted octanol–water partition coefficient (Wildman–Crippen LogP) is 2.60. The summed E-state index contributed by atoms with van der Waals surface area (Å²) < 4.78 is 0. The van der Waals surface area contributed by atoms with E-state index in [2.05, 4.69) is 25.8 Å². The molecule has 0 unspecified atom stereocenters. The summed E-state index contributed by atoms with van der Waals surface area (Å²) in [7, 11) is 0. The van der Waals surface area contributed by atoms with Gasteiger partial charge < -0.3 is 5.73 Å². The zero-order chi connectivity index (χ0) is 10.3. The molecule has 2 rings (SSSR count). The average Bonchev–Trinajstić information content (AvgIpc) is 2.68. The van der Waals surface area contributed by atoms with E-state index in [1.165, 1.54) is 9.88 Å².